The summed E-state index contributed by atoms with van der Waals surface area (Å²) in [6, 6.07) is 58.7. The summed E-state index contributed by atoms with van der Waals surface area (Å²) >= 11 is 1.84. The first-order valence-electron chi connectivity index (χ1n) is 17.1. The van der Waals surface area contributed by atoms with Gasteiger partial charge < -0.3 is 4.57 Å². The maximum atomic E-state index is 9.60. The van der Waals surface area contributed by atoms with Crippen molar-refractivity contribution in [2.75, 3.05) is 0 Å². The Bertz CT molecular complexity index is 3040. The smallest absolute Gasteiger partial charge is 0.164 e. The van der Waals surface area contributed by atoms with Gasteiger partial charge in [-0.15, -0.1) is 11.3 Å². The van der Waals surface area contributed by atoms with E-state index in [1.54, 1.807) is 6.07 Å². The maximum absolute atomic E-state index is 9.60. The molecule has 10 aromatic rings. The summed E-state index contributed by atoms with van der Waals surface area (Å²) in [6.07, 6.45) is 0. The monoisotopic (exact) mass is 681 g/mol. The first kappa shape index (κ1) is 29.9. The number of nitriles is 1. The SMILES string of the molecule is N#Cc1cccc(-c2nc(-c3ccccc3)nc(-c3cccc(-n4c5ccccc5c5ccc(-c6cccc7sc8ccccc8c67)cc54)c3)n2)c1. The molecule has 0 bridgehead atoms. The summed E-state index contributed by atoms with van der Waals surface area (Å²) in [5.74, 6) is 1.65. The summed E-state index contributed by atoms with van der Waals surface area (Å²) in [5.41, 5.74) is 8.74. The molecule has 0 fully saturated rings. The van der Waals surface area contributed by atoms with E-state index >= 15 is 0 Å². The van der Waals surface area contributed by atoms with Crippen LogP contribution < -0.4 is 0 Å². The van der Waals surface area contributed by atoms with Gasteiger partial charge >= 0.3 is 0 Å². The van der Waals surface area contributed by atoms with E-state index in [0.29, 0.717) is 23.0 Å². The zero-order valence-electron chi connectivity index (χ0n) is 27.7. The molecule has 3 aromatic heterocycles. The second-order valence-corrected chi connectivity index (χ2v) is 13.9. The second kappa shape index (κ2) is 12.1. The zero-order chi connectivity index (χ0) is 34.6. The van der Waals surface area contributed by atoms with Gasteiger partial charge in [-0.25, -0.2) is 15.0 Å². The van der Waals surface area contributed by atoms with Gasteiger partial charge in [0.05, 0.1) is 22.7 Å². The van der Waals surface area contributed by atoms with Gasteiger partial charge in [0, 0.05) is 53.3 Å². The van der Waals surface area contributed by atoms with Crippen molar-refractivity contribution in [3.8, 4) is 57.0 Å². The van der Waals surface area contributed by atoms with Crippen LogP contribution in [-0.2, 0) is 0 Å². The fraction of sp³-hybridized carbons (Fsp3) is 0. The predicted octanol–water partition coefficient (Wildman–Crippen LogP) is 11.9. The van der Waals surface area contributed by atoms with E-state index in [0.717, 1.165) is 33.4 Å². The standard InChI is InChI=1S/C46H27N5S/c47-28-29-11-8-14-32(25-29)45-48-44(30-12-2-1-3-13-30)49-46(50-45)33-15-9-16-34(26-33)51-39-20-6-4-17-36(39)37-24-23-31(27-40(37)51)35-19-10-22-42-43(35)38-18-5-7-21-41(38)52-42/h1-27H. The highest BCUT2D eigenvalue weighted by Crippen LogP contribution is 2.42. The Hall–Kier alpha value is -6.94. The minimum atomic E-state index is 0.517. The highest BCUT2D eigenvalue weighted by Gasteiger charge is 2.18. The molecule has 0 aliphatic carbocycles. The average molecular weight is 682 g/mol. The van der Waals surface area contributed by atoms with E-state index < -0.39 is 0 Å². The van der Waals surface area contributed by atoms with Crippen molar-refractivity contribution in [2.45, 2.75) is 0 Å². The molecule has 0 aliphatic heterocycles. The predicted molar refractivity (Wildman–Crippen MR) is 214 cm³/mol. The summed E-state index contributed by atoms with van der Waals surface area (Å²) in [5, 5.41) is 14.6. The van der Waals surface area contributed by atoms with Crippen LogP contribution in [0.5, 0.6) is 0 Å². The molecule has 0 radical (unpaired) electrons. The van der Waals surface area contributed by atoms with Crippen LogP contribution in [0.4, 0.5) is 0 Å². The van der Waals surface area contributed by atoms with Crippen LogP contribution in [0.2, 0.25) is 0 Å². The molecule has 0 saturated heterocycles. The lowest BCUT2D eigenvalue weighted by molar-refractivity contribution is 1.07. The first-order valence-corrected chi connectivity index (χ1v) is 17.9. The Morgan fingerprint density at radius 2 is 1.10 bits per heavy atom. The Balaban J connectivity index is 1.17. The Morgan fingerprint density at radius 1 is 0.462 bits per heavy atom. The Labute approximate surface area is 303 Å². The van der Waals surface area contributed by atoms with Gasteiger partial charge in [0.25, 0.3) is 0 Å². The highest BCUT2D eigenvalue weighted by atomic mass is 32.1. The largest absolute Gasteiger partial charge is 0.309 e. The number of fused-ring (bicyclic) bond motifs is 6. The van der Waals surface area contributed by atoms with E-state index in [1.165, 1.54) is 42.1 Å². The van der Waals surface area contributed by atoms with Crippen molar-refractivity contribution in [3.63, 3.8) is 0 Å². The molecule has 10 rings (SSSR count). The molecule has 6 heteroatoms. The van der Waals surface area contributed by atoms with Crippen LogP contribution in [0.1, 0.15) is 5.56 Å². The van der Waals surface area contributed by atoms with Gasteiger partial charge in [0.15, 0.2) is 17.5 Å². The van der Waals surface area contributed by atoms with Crippen molar-refractivity contribution in [3.05, 3.63) is 169 Å². The lowest BCUT2D eigenvalue weighted by Crippen LogP contribution is -2.01. The average Bonchev–Trinajstić information content (AvgIpc) is 3.77. The van der Waals surface area contributed by atoms with Crippen LogP contribution in [0.25, 0.3) is 93.0 Å². The minimum Gasteiger partial charge on any atom is -0.309 e. The van der Waals surface area contributed by atoms with Gasteiger partial charge in [-0.05, 0) is 59.7 Å². The lowest BCUT2D eigenvalue weighted by Gasteiger charge is -2.12. The molecule has 0 amide bonds. The molecule has 0 N–H and O–H groups in total. The van der Waals surface area contributed by atoms with Crippen LogP contribution in [0.3, 0.4) is 0 Å². The molecule has 52 heavy (non-hydrogen) atoms. The number of hydrogen-bond acceptors (Lipinski definition) is 5. The normalized spacial score (nSPS) is 11.4. The Morgan fingerprint density at radius 3 is 1.92 bits per heavy atom. The van der Waals surface area contributed by atoms with Gasteiger partial charge in [-0.1, -0.05) is 115 Å². The molecule has 0 saturated carbocycles. The van der Waals surface area contributed by atoms with Crippen LogP contribution in [0.15, 0.2) is 164 Å². The van der Waals surface area contributed by atoms with Crippen LogP contribution in [0, 0.1) is 11.3 Å². The van der Waals surface area contributed by atoms with Gasteiger partial charge in [0.2, 0.25) is 0 Å². The van der Waals surface area contributed by atoms with E-state index in [-0.39, 0.29) is 0 Å². The molecule has 0 unspecified atom stereocenters. The van der Waals surface area contributed by atoms with E-state index in [2.05, 4.69) is 114 Å². The van der Waals surface area contributed by atoms with Crippen molar-refractivity contribution in [1.29, 1.82) is 5.26 Å². The topological polar surface area (TPSA) is 67.4 Å². The van der Waals surface area contributed by atoms with E-state index in [4.69, 9.17) is 15.0 Å². The summed E-state index contributed by atoms with van der Waals surface area (Å²) in [4.78, 5) is 14.8. The third-order valence-electron chi connectivity index (χ3n) is 9.67. The quantitative estimate of drug-likeness (QED) is 0.181. The summed E-state index contributed by atoms with van der Waals surface area (Å²) in [6.45, 7) is 0. The van der Waals surface area contributed by atoms with E-state index in [1.807, 2.05) is 65.9 Å². The fourth-order valence-electron chi connectivity index (χ4n) is 7.29. The van der Waals surface area contributed by atoms with Gasteiger partial charge in [-0.2, -0.15) is 5.26 Å². The molecule has 3 heterocycles. The fourth-order valence-corrected chi connectivity index (χ4v) is 8.43. The first-order chi connectivity index (χ1) is 25.7. The third kappa shape index (κ3) is 4.95. The van der Waals surface area contributed by atoms with Crippen LogP contribution >= 0.6 is 11.3 Å². The Kier molecular flexibility index (Phi) is 6.98. The van der Waals surface area contributed by atoms with Crippen LogP contribution in [-0.4, -0.2) is 19.5 Å². The summed E-state index contributed by atoms with van der Waals surface area (Å²) < 4.78 is 4.93. The second-order valence-electron chi connectivity index (χ2n) is 12.8. The number of rotatable bonds is 5. The molecule has 5 nitrogen and oxygen atoms in total. The summed E-state index contributed by atoms with van der Waals surface area (Å²) in [7, 11) is 0. The molecular formula is C46H27N5S. The van der Waals surface area contributed by atoms with Gasteiger partial charge in [0.1, 0.15) is 0 Å². The van der Waals surface area contributed by atoms with Gasteiger partial charge in [-0.3, -0.25) is 0 Å². The third-order valence-corrected chi connectivity index (χ3v) is 10.8. The van der Waals surface area contributed by atoms with Crippen molar-refractivity contribution in [2.24, 2.45) is 0 Å². The number of para-hydroxylation sites is 1. The molecule has 0 atom stereocenters. The molecular weight excluding hydrogens is 655 g/mol. The lowest BCUT2D eigenvalue weighted by atomic mass is 9.98. The molecule has 7 aromatic carbocycles. The number of thiophene rings is 1. The zero-order valence-corrected chi connectivity index (χ0v) is 28.5. The number of hydrogen-bond donors (Lipinski definition) is 0. The van der Waals surface area contributed by atoms with E-state index in [9.17, 15) is 5.26 Å². The van der Waals surface area contributed by atoms with Crippen molar-refractivity contribution in [1.82, 2.24) is 19.5 Å². The maximum Gasteiger partial charge on any atom is 0.164 e. The minimum absolute atomic E-state index is 0.517. The van der Waals surface area contributed by atoms with Crippen molar-refractivity contribution < 1.29 is 0 Å². The molecule has 0 aliphatic rings. The number of nitrogens with zero attached hydrogens (tertiary/aromatic N) is 5. The highest BCUT2D eigenvalue weighted by molar-refractivity contribution is 7.25. The number of aromatic nitrogens is 4. The molecule has 0 spiro atoms. The molecule has 242 valence electrons. The number of benzene rings is 7. The van der Waals surface area contributed by atoms with Crippen molar-refractivity contribution >= 4 is 53.3 Å².